The Labute approximate surface area is 195 Å². The maximum atomic E-state index is 13.8. The molecule has 0 unspecified atom stereocenters. The molecule has 3 rings (SSSR count). The molecule has 0 aliphatic heterocycles. The molecule has 0 atom stereocenters. The monoisotopic (exact) mass is 476 g/mol. The highest BCUT2D eigenvalue weighted by atomic mass is 19.4. The molecular weight excluding hydrogens is 451 g/mol. The molecular formula is C26H25F5N2O. The third-order valence-corrected chi connectivity index (χ3v) is 4.77. The molecule has 0 aromatic heterocycles. The van der Waals surface area contributed by atoms with Crippen LogP contribution in [0, 0.1) is 18.6 Å². The van der Waals surface area contributed by atoms with Crippen molar-refractivity contribution >= 4 is 23.0 Å². The number of amides is 1. The molecule has 8 heteroatoms. The van der Waals surface area contributed by atoms with Crippen molar-refractivity contribution in [2.24, 2.45) is 0 Å². The molecule has 0 radical (unpaired) electrons. The lowest BCUT2D eigenvalue weighted by Gasteiger charge is -2.26. The smallest absolute Gasteiger partial charge is 0.337 e. The van der Waals surface area contributed by atoms with Gasteiger partial charge in [-0.3, -0.25) is 4.79 Å². The number of carbonyl (C=O) groups excluding carboxylic acids is 1. The minimum atomic E-state index is -4.49. The van der Waals surface area contributed by atoms with Crippen molar-refractivity contribution in [1.82, 2.24) is 0 Å². The zero-order valence-electron chi connectivity index (χ0n) is 19.0. The topological polar surface area (TPSA) is 32.3 Å². The lowest BCUT2D eigenvalue weighted by Crippen LogP contribution is -2.19. The van der Waals surface area contributed by atoms with E-state index in [0.717, 1.165) is 30.3 Å². The largest absolute Gasteiger partial charge is 0.416 e. The number of anilines is 3. The number of hydrogen-bond donors (Lipinski definition) is 1. The Balaban J connectivity index is 0.00000199. The van der Waals surface area contributed by atoms with E-state index in [1.807, 2.05) is 13.8 Å². The molecule has 0 spiro atoms. The van der Waals surface area contributed by atoms with Crippen molar-refractivity contribution in [1.29, 1.82) is 0 Å². The van der Waals surface area contributed by atoms with Crippen LogP contribution in [-0.4, -0.2) is 12.5 Å². The summed E-state index contributed by atoms with van der Waals surface area (Å²) in [5, 5.41) is 2.41. The molecule has 0 saturated heterocycles. The SMILES string of the molecule is C=CCN(c1ccc(NC(=O)c2c(F)cccc2F)cc1)c1cc(C(F)(F)F)ccc1C.CC. The predicted octanol–water partition coefficient (Wildman–Crippen LogP) is 7.89. The minimum absolute atomic E-state index is 0.230. The van der Waals surface area contributed by atoms with Crippen molar-refractivity contribution in [3.8, 4) is 0 Å². The number of rotatable bonds is 6. The maximum absolute atomic E-state index is 13.8. The Morgan fingerprint density at radius 3 is 2.12 bits per heavy atom. The van der Waals surface area contributed by atoms with E-state index in [1.54, 1.807) is 30.0 Å². The van der Waals surface area contributed by atoms with Crippen LogP contribution in [0.15, 0.2) is 73.3 Å². The molecule has 0 heterocycles. The highest BCUT2D eigenvalue weighted by Crippen LogP contribution is 2.36. The third kappa shape index (κ3) is 6.21. The van der Waals surface area contributed by atoms with Gasteiger partial charge in [-0.2, -0.15) is 13.2 Å². The quantitative estimate of drug-likeness (QED) is 0.290. The normalized spacial score (nSPS) is 10.7. The lowest BCUT2D eigenvalue weighted by atomic mass is 10.1. The van der Waals surface area contributed by atoms with Crippen LogP contribution in [0.25, 0.3) is 0 Å². The van der Waals surface area contributed by atoms with Crippen LogP contribution in [0.4, 0.5) is 39.0 Å². The van der Waals surface area contributed by atoms with Crippen LogP contribution < -0.4 is 10.2 Å². The van der Waals surface area contributed by atoms with Crippen molar-refractivity contribution in [2.45, 2.75) is 26.9 Å². The van der Waals surface area contributed by atoms with Gasteiger partial charge in [0.15, 0.2) is 0 Å². The van der Waals surface area contributed by atoms with E-state index >= 15 is 0 Å². The van der Waals surface area contributed by atoms with Crippen LogP contribution in [0.3, 0.4) is 0 Å². The van der Waals surface area contributed by atoms with Crippen molar-refractivity contribution < 1.29 is 26.7 Å². The molecule has 180 valence electrons. The van der Waals surface area contributed by atoms with Gasteiger partial charge in [0.25, 0.3) is 5.91 Å². The number of halogens is 5. The summed E-state index contributed by atoms with van der Waals surface area (Å²) in [7, 11) is 0. The molecule has 34 heavy (non-hydrogen) atoms. The summed E-state index contributed by atoms with van der Waals surface area (Å²) >= 11 is 0. The van der Waals surface area contributed by atoms with Gasteiger partial charge in [0.2, 0.25) is 0 Å². The zero-order valence-corrected chi connectivity index (χ0v) is 19.0. The number of nitrogens with zero attached hydrogens (tertiary/aromatic N) is 1. The summed E-state index contributed by atoms with van der Waals surface area (Å²) in [4.78, 5) is 13.9. The molecule has 1 N–H and O–H groups in total. The van der Waals surface area contributed by atoms with E-state index in [1.165, 1.54) is 18.2 Å². The first-order valence-corrected chi connectivity index (χ1v) is 10.5. The summed E-state index contributed by atoms with van der Waals surface area (Å²) in [6.45, 7) is 9.60. The highest BCUT2D eigenvalue weighted by molar-refractivity contribution is 6.04. The lowest BCUT2D eigenvalue weighted by molar-refractivity contribution is -0.137. The first-order chi connectivity index (χ1) is 16.1. The number of hydrogen-bond acceptors (Lipinski definition) is 2. The van der Waals surface area contributed by atoms with E-state index in [-0.39, 0.29) is 12.2 Å². The van der Waals surface area contributed by atoms with Gasteiger partial charge in [-0.1, -0.05) is 32.1 Å². The van der Waals surface area contributed by atoms with Crippen LogP contribution in [0.5, 0.6) is 0 Å². The Morgan fingerprint density at radius 1 is 1.00 bits per heavy atom. The number of nitrogens with one attached hydrogen (secondary N) is 1. The minimum Gasteiger partial charge on any atom is -0.337 e. The second kappa shape index (κ2) is 11.4. The average Bonchev–Trinajstić information content (AvgIpc) is 2.79. The standard InChI is InChI=1S/C24H19F5N2O.C2H6/c1-3-13-31(21-14-16(24(27,28)29)8-7-15(21)2)18-11-9-17(10-12-18)30-23(32)22-19(25)5-4-6-20(22)26;1-2/h3-12,14H,1,13H2,2H3,(H,30,32);1-2H3. The van der Waals surface area contributed by atoms with E-state index in [9.17, 15) is 26.7 Å². The van der Waals surface area contributed by atoms with Gasteiger partial charge in [-0.25, -0.2) is 8.78 Å². The van der Waals surface area contributed by atoms with E-state index in [2.05, 4.69) is 11.9 Å². The van der Waals surface area contributed by atoms with Gasteiger partial charge < -0.3 is 10.2 Å². The number of carbonyl (C=O) groups is 1. The Hall–Kier alpha value is -3.68. The molecule has 0 saturated carbocycles. The molecule has 3 aromatic carbocycles. The first-order valence-electron chi connectivity index (χ1n) is 10.5. The second-order valence-electron chi connectivity index (χ2n) is 7.00. The summed E-state index contributed by atoms with van der Waals surface area (Å²) in [5.74, 6) is -2.93. The van der Waals surface area contributed by atoms with Gasteiger partial charge in [0.1, 0.15) is 17.2 Å². The molecule has 0 aliphatic carbocycles. The molecule has 3 nitrogen and oxygen atoms in total. The number of alkyl halides is 3. The van der Waals surface area contributed by atoms with E-state index < -0.39 is 34.8 Å². The molecule has 0 fully saturated rings. The summed E-state index contributed by atoms with van der Waals surface area (Å²) in [6.07, 6.45) is -2.94. The average molecular weight is 476 g/mol. The van der Waals surface area contributed by atoms with Crippen LogP contribution in [0.1, 0.15) is 35.3 Å². The van der Waals surface area contributed by atoms with E-state index in [0.29, 0.717) is 16.9 Å². The first kappa shape index (κ1) is 26.6. The zero-order chi connectivity index (χ0) is 25.5. The van der Waals surface area contributed by atoms with E-state index in [4.69, 9.17) is 0 Å². The molecule has 1 amide bonds. The van der Waals surface area contributed by atoms with Crippen molar-refractivity contribution in [3.63, 3.8) is 0 Å². The van der Waals surface area contributed by atoms with Gasteiger partial charge in [0.05, 0.1) is 5.56 Å². The summed E-state index contributed by atoms with van der Waals surface area (Å²) in [6, 6.07) is 12.7. The fraction of sp³-hybridized carbons (Fsp3) is 0.192. The summed E-state index contributed by atoms with van der Waals surface area (Å²) in [5.41, 5.74) is 0.313. The van der Waals surface area contributed by atoms with Gasteiger partial charge in [-0.05, 0) is 61.0 Å². The van der Waals surface area contributed by atoms with Gasteiger partial charge >= 0.3 is 6.18 Å². The second-order valence-corrected chi connectivity index (χ2v) is 7.00. The molecule has 0 bridgehead atoms. The van der Waals surface area contributed by atoms with Gasteiger partial charge in [-0.15, -0.1) is 6.58 Å². The number of benzene rings is 3. The fourth-order valence-corrected chi connectivity index (χ4v) is 3.18. The Bertz CT molecular complexity index is 1120. The third-order valence-electron chi connectivity index (χ3n) is 4.77. The maximum Gasteiger partial charge on any atom is 0.416 e. The van der Waals surface area contributed by atoms with Crippen molar-refractivity contribution in [2.75, 3.05) is 16.8 Å². The Kier molecular flexibility index (Phi) is 8.95. The molecule has 3 aromatic rings. The Morgan fingerprint density at radius 2 is 1.59 bits per heavy atom. The summed E-state index contributed by atoms with van der Waals surface area (Å²) < 4.78 is 67.2. The molecule has 0 aliphatic rings. The highest BCUT2D eigenvalue weighted by Gasteiger charge is 2.31. The van der Waals surface area contributed by atoms with Crippen molar-refractivity contribution in [3.05, 3.63) is 102 Å². The van der Waals surface area contributed by atoms with Crippen LogP contribution in [0.2, 0.25) is 0 Å². The predicted molar refractivity (Wildman–Crippen MR) is 125 cm³/mol. The fourth-order valence-electron chi connectivity index (χ4n) is 3.18. The van der Waals surface area contributed by atoms with Crippen LogP contribution >= 0.6 is 0 Å². The van der Waals surface area contributed by atoms with Gasteiger partial charge in [0, 0.05) is 23.6 Å². The number of aryl methyl sites for hydroxylation is 1. The van der Waals surface area contributed by atoms with Crippen LogP contribution in [-0.2, 0) is 6.18 Å².